The first-order valence-electron chi connectivity index (χ1n) is 11.9. The summed E-state index contributed by atoms with van der Waals surface area (Å²) < 4.78 is 10.8. The average Bonchev–Trinajstić information content (AvgIpc) is 3.43. The molecule has 2 aromatic carbocycles. The third-order valence-electron chi connectivity index (χ3n) is 5.69. The van der Waals surface area contributed by atoms with Crippen molar-refractivity contribution in [1.82, 2.24) is 4.98 Å². The molecule has 0 saturated carbocycles. The van der Waals surface area contributed by atoms with E-state index in [9.17, 15) is 19.5 Å². The predicted molar refractivity (Wildman–Crippen MR) is 145 cm³/mol. The molecule has 8 nitrogen and oxygen atoms in total. The third-order valence-corrected chi connectivity index (χ3v) is 6.83. The molecule has 0 fully saturated rings. The maximum atomic E-state index is 13.4. The number of aliphatic hydroxyl groups excluding tert-OH is 1. The van der Waals surface area contributed by atoms with Crippen LogP contribution in [0.1, 0.15) is 39.5 Å². The van der Waals surface area contributed by atoms with E-state index in [0.717, 1.165) is 16.9 Å². The molecular weight excluding hydrogens is 504 g/mol. The van der Waals surface area contributed by atoms with E-state index in [1.807, 2.05) is 37.3 Å². The summed E-state index contributed by atoms with van der Waals surface area (Å²) in [5.41, 5.74) is 1.58. The maximum Gasteiger partial charge on any atom is 0.350 e. The predicted octanol–water partition coefficient (Wildman–Crippen LogP) is 5.38. The number of ketones is 1. The van der Waals surface area contributed by atoms with Crippen LogP contribution in [-0.2, 0) is 14.3 Å². The van der Waals surface area contributed by atoms with Crippen molar-refractivity contribution < 1.29 is 29.0 Å². The Kier molecular flexibility index (Phi) is 8.18. The Hall–Kier alpha value is -4.50. The second kappa shape index (κ2) is 11.7. The lowest BCUT2D eigenvalue weighted by atomic mass is 9.95. The molecule has 1 atom stereocenters. The van der Waals surface area contributed by atoms with Gasteiger partial charge < -0.3 is 14.6 Å². The fraction of sp³-hybridized carbons (Fsp3) is 0.172. The molecule has 0 spiro atoms. The first kappa shape index (κ1) is 26.6. The van der Waals surface area contributed by atoms with E-state index >= 15 is 0 Å². The van der Waals surface area contributed by atoms with E-state index in [2.05, 4.69) is 11.6 Å². The summed E-state index contributed by atoms with van der Waals surface area (Å²) in [7, 11) is 0. The number of nitrogens with zero attached hydrogens (tertiary/aromatic N) is 2. The molecule has 1 aromatic heterocycles. The Morgan fingerprint density at radius 1 is 1.18 bits per heavy atom. The highest BCUT2D eigenvalue weighted by Gasteiger charge is 2.45. The van der Waals surface area contributed by atoms with Crippen molar-refractivity contribution in [3.8, 4) is 5.75 Å². The van der Waals surface area contributed by atoms with Crippen LogP contribution in [0.3, 0.4) is 0 Å². The number of ether oxygens (including phenoxy) is 2. The summed E-state index contributed by atoms with van der Waals surface area (Å²) >= 11 is 0.945. The fourth-order valence-electron chi connectivity index (χ4n) is 4.01. The van der Waals surface area contributed by atoms with E-state index < -0.39 is 29.5 Å². The summed E-state index contributed by atoms with van der Waals surface area (Å²) in [5.74, 6) is -2.07. The first-order chi connectivity index (χ1) is 18.3. The summed E-state index contributed by atoms with van der Waals surface area (Å²) in [6, 6.07) is 15.1. The molecule has 194 valence electrons. The molecule has 0 bridgehead atoms. The van der Waals surface area contributed by atoms with Crippen molar-refractivity contribution in [3.05, 3.63) is 106 Å². The lowest BCUT2D eigenvalue weighted by Gasteiger charge is -2.24. The van der Waals surface area contributed by atoms with Gasteiger partial charge in [0.05, 0.1) is 23.9 Å². The fourth-order valence-corrected chi connectivity index (χ4v) is 5.00. The van der Waals surface area contributed by atoms with Gasteiger partial charge in [-0.2, -0.15) is 0 Å². The molecule has 1 unspecified atom stereocenters. The molecule has 3 aromatic rings. The SMILES string of the molecule is C=CCOC(=O)c1sc(N2C(=O)C(O)=C(C(=O)/C=C/c3ccccc3)C2c2cccc(OCC)c2)nc1C. The molecule has 0 radical (unpaired) electrons. The second-order valence-corrected chi connectivity index (χ2v) is 9.23. The number of amides is 1. The number of aliphatic hydroxyl groups is 1. The van der Waals surface area contributed by atoms with Gasteiger partial charge in [-0.15, -0.1) is 0 Å². The van der Waals surface area contributed by atoms with Gasteiger partial charge in [0.25, 0.3) is 5.91 Å². The number of anilines is 1. The lowest BCUT2D eigenvalue weighted by Crippen LogP contribution is -2.30. The Balaban J connectivity index is 1.79. The van der Waals surface area contributed by atoms with Crippen molar-refractivity contribution in [2.24, 2.45) is 0 Å². The summed E-state index contributed by atoms with van der Waals surface area (Å²) in [4.78, 5) is 45.2. The van der Waals surface area contributed by atoms with Crippen LogP contribution in [0, 0.1) is 6.92 Å². The molecule has 1 amide bonds. The van der Waals surface area contributed by atoms with Crippen molar-refractivity contribution in [2.75, 3.05) is 18.1 Å². The van der Waals surface area contributed by atoms with Crippen LogP contribution in [0.15, 0.2) is 84.7 Å². The molecule has 1 aliphatic heterocycles. The monoisotopic (exact) mass is 530 g/mol. The average molecular weight is 531 g/mol. The number of carbonyl (C=O) groups is 3. The molecule has 0 saturated heterocycles. The number of rotatable bonds is 10. The van der Waals surface area contributed by atoms with E-state index in [0.29, 0.717) is 23.6 Å². The van der Waals surface area contributed by atoms with Gasteiger partial charge in [-0.3, -0.25) is 14.5 Å². The van der Waals surface area contributed by atoms with Crippen molar-refractivity contribution in [2.45, 2.75) is 19.9 Å². The van der Waals surface area contributed by atoms with Crippen LogP contribution in [0.25, 0.3) is 6.08 Å². The summed E-state index contributed by atoms with van der Waals surface area (Å²) in [5, 5.41) is 11.1. The number of carbonyl (C=O) groups excluding carboxylic acids is 3. The zero-order valence-electron chi connectivity index (χ0n) is 20.9. The van der Waals surface area contributed by atoms with E-state index in [4.69, 9.17) is 9.47 Å². The molecule has 38 heavy (non-hydrogen) atoms. The Labute approximate surface area is 224 Å². The minimum Gasteiger partial charge on any atom is -0.503 e. The Morgan fingerprint density at radius 3 is 2.66 bits per heavy atom. The molecule has 1 N–H and O–H groups in total. The van der Waals surface area contributed by atoms with Gasteiger partial charge in [0, 0.05) is 0 Å². The number of allylic oxidation sites excluding steroid dienone is 1. The largest absolute Gasteiger partial charge is 0.503 e. The van der Waals surface area contributed by atoms with Crippen molar-refractivity contribution in [3.63, 3.8) is 0 Å². The summed E-state index contributed by atoms with van der Waals surface area (Å²) in [6.45, 7) is 7.45. The minimum absolute atomic E-state index is 0.0236. The zero-order chi connectivity index (χ0) is 27.2. The number of aryl methyl sites for hydroxylation is 1. The van der Waals surface area contributed by atoms with Crippen molar-refractivity contribution >= 4 is 40.2 Å². The number of hydrogen-bond donors (Lipinski definition) is 1. The minimum atomic E-state index is -1.00. The molecule has 0 aliphatic carbocycles. The van der Waals surface area contributed by atoms with Gasteiger partial charge in [-0.05, 0) is 43.2 Å². The van der Waals surface area contributed by atoms with Gasteiger partial charge in [-0.25, -0.2) is 9.78 Å². The lowest BCUT2D eigenvalue weighted by molar-refractivity contribution is -0.117. The Morgan fingerprint density at radius 2 is 1.95 bits per heavy atom. The maximum absolute atomic E-state index is 13.4. The van der Waals surface area contributed by atoms with Crippen LogP contribution in [0.4, 0.5) is 5.13 Å². The van der Waals surface area contributed by atoms with Gasteiger partial charge in [0.15, 0.2) is 16.7 Å². The molecule has 2 heterocycles. The smallest absolute Gasteiger partial charge is 0.350 e. The van der Waals surface area contributed by atoms with Crippen LogP contribution in [0.2, 0.25) is 0 Å². The topological polar surface area (TPSA) is 106 Å². The standard InChI is InChI=1S/C29H26N2O6S/c1-4-16-37-28(35)26-18(3)30-29(38-26)31-24(20-12-9-13-21(17-20)36-5-2)23(25(33)27(31)34)22(32)15-14-19-10-7-6-8-11-19/h4,6-15,17,24,33H,1,5,16H2,2-3H3/b15-14+. The van der Waals surface area contributed by atoms with E-state index in [1.54, 1.807) is 37.3 Å². The zero-order valence-corrected chi connectivity index (χ0v) is 21.7. The highest BCUT2D eigenvalue weighted by Crippen LogP contribution is 2.43. The number of esters is 1. The molecular formula is C29H26N2O6S. The van der Waals surface area contributed by atoms with Gasteiger partial charge in [0.1, 0.15) is 17.2 Å². The normalized spacial score (nSPS) is 15.3. The summed E-state index contributed by atoms with van der Waals surface area (Å²) in [6.07, 6.45) is 4.39. The van der Waals surface area contributed by atoms with Gasteiger partial charge >= 0.3 is 5.97 Å². The highest BCUT2D eigenvalue weighted by molar-refractivity contribution is 7.17. The van der Waals surface area contributed by atoms with Crippen LogP contribution >= 0.6 is 11.3 Å². The third kappa shape index (κ3) is 5.42. The van der Waals surface area contributed by atoms with E-state index in [1.165, 1.54) is 17.1 Å². The van der Waals surface area contributed by atoms with Crippen LogP contribution in [0.5, 0.6) is 5.75 Å². The second-order valence-electron chi connectivity index (χ2n) is 8.25. The Bertz CT molecular complexity index is 1440. The number of hydrogen-bond acceptors (Lipinski definition) is 8. The van der Waals surface area contributed by atoms with E-state index in [-0.39, 0.29) is 22.2 Å². The quantitative estimate of drug-likeness (QED) is 0.213. The highest BCUT2D eigenvalue weighted by atomic mass is 32.1. The van der Waals surface area contributed by atoms with Crippen LogP contribution in [-0.4, -0.2) is 41.0 Å². The molecule has 4 rings (SSSR count). The number of benzene rings is 2. The van der Waals surface area contributed by atoms with Gasteiger partial charge in [-0.1, -0.05) is 72.5 Å². The number of aromatic nitrogens is 1. The first-order valence-corrected chi connectivity index (χ1v) is 12.7. The van der Waals surface area contributed by atoms with Crippen LogP contribution < -0.4 is 9.64 Å². The number of thiazole rings is 1. The molecule has 1 aliphatic rings. The molecule has 9 heteroatoms. The van der Waals surface area contributed by atoms with Crippen molar-refractivity contribution in [1.29, 1.82) is 0 Å². The van der Waals surface area contributed by atoms with Gasteiger partial charge in [0.2, 0.25) is 0 Å².